The second-order valence-corrected chi connectivity index (χ2v) is 8.53. The molecular weight excluding hydrogens is 450 g/mol. The third kappa shape index (κ3) is 3.52. The van der Waals surface area contributed by atoms with E-state index in [2.05, 4.69) is 26.2 Å². The molecule has 2 aliphatic rings. The van der Waals surface area contributed by atoms with Gasteiger partial charge in [0.2, 0.25) is 5.91 Å². The molecule has 7 nitrogen and oxygen atoms in total. The molecule has 1 aromatic heterocycles. The van der Waals surface area contributed by atoms with E-state index >= 15 is 0 Å². The molecule has 2 aromatic carbocycles. The third-order valence-electron chi connectivity index (χ3n) is 5.33. The predicted octanol–water partition coefficient (Wildman–Crippen LogP) is 4.48. The maximum absolute atomic E-state index is 12.5. The van der Waals surface area contributed by atoms with Crippen LogP contribution in [-0.2, 0) is 4.79 Å². The Balaban J connectivity index is 1.17. The van der Waals surface area contributed by atoms with Gasteiger partial charge in [-0.3, -0.25) is 19.3 Å². The van der Waals surface area contributed by atoms with Gasteiger partial charge < -0.3 is 9.73 Å². The number of carbonyl (C=O) groups is 3. The molecule has 8 heteroatoms. The lowest BCUT2D eigenvalue weighted by Crippen LogP contribution is -2.31. The molecule has 0 unspecified atom stereocenters. The number of nitrogens with zero attached hydrogens (tertiary/aromatic N) is 2. The van der Waals surface area contributed by atoms with E-state index in [1.54, 1.807) is 36.4 Å². The van der Waals surface area contributed by atoms with Crippen LogP contribution in [0.4, 0.5) is 5.69 Å². The molecule has 1 aliphatic heterocycles. The second kappa shape index (κ2) is 7.36. The summed E-state index contributed by atoms with van der Waals surface area (Å²) in [5, 5.41) is 2.85. The summed E-state index contributed by atoms with van der Waals surface area (Å²) in [6.07, 6.45) is 2.80. The number of rotatable bonds is 6. The number of benzene rings is 2. The fourth-order valence-electron chi connectivity index (χ4n) is 3.62. The SMILES string of the molecule is O=C(CCCN1C(=O)c2ccc(Br)cc2C1=O)Nc1ccc2oc(C3CC3)nc2c1. The van der Waals surface area contributed by atoms with E-state index in [1.807, 2.05) is 0 Å². The van der Waals surface area contributed by atoms with Crippen LogP contribution < -0.4 is 5.32 Å². The van der Waals surface area contributed by atoms with Crippen LogP contribution in [0.5, 0.6) is 0 Å². The van der Waals surface area contributed by atoms with E-state index in [0.29, 0.717) is 34.7 Å². The van der Waals surface area contributed by atoms with Crippen molar-refractivity contribution in [3.63, 3.8) is 0 Å². The summed E-state index contributed by atoms with van der Waals surface area (Å²) >= 11 is 3.32. The highest BCUT2D eigenvalue weighted by Gasteiger charge is 2.35. The molecule has 1 fully saturated rings. The molecular formula is C22H18BrN3O4. The Morgan fingerprint density at radius 1 is 1.13 bits per heavy atom. The number of amides is 3. The zero-order valence-electron chi connectivity index (χ0n) is 16.0. The van der Waals surface area contributed by atoms with Crippen molar-refractivity contribution in [3.05, 3.63) is 57.9 Å². The summed E-state index contributed by atoms with van der Waals surface area (Å²) < 4.78 is 6.48. The van der Waals surface area contributed by atoms with Crippen LogP contribution in [0.15, 0.2) is 45.3 Å². The van der Waals surface area contributed by atoms with Gasteiger partial charge in [-0.05, 0) is 55.7 Å². The van der Waals surface area contributed by atoms with Crippen molar-refractivity contribution in [2.24, 2.45) is 0 Å². The monoisotopic (exact) mass is 467 g/mol. The molecule has 0 saturated heterocycles. The minimum Gasteiger partial charge on any atom is -0.440 e. The molecule has 1 saturated carbocycles. The Morgan fingerprint density at radius 3 is 2.73 bits per heavy atom. The normalized spacial score (nSPS) is 15.7. The lowest BCUT2D eigenvalue weighted by molar-refractivity contribution is -0.116. The highest BCUT2D eigenvalue weighted by Crippen LogP contribution is 2.40. The Morgan fingerprint density at radius 2 is 1.93 bits per heavy atom. The van der Waals surface area contributed by atoms with E-state index < -0.39 is 0 Å². The van der Waals surface area contributed by atoms with Crippen LogP contribution in [0, 0.1) is 0 Å². The highest BCUT2D eigenvalue weighted by molar-refractivity contribution is 9.10. The Labute approximate surface area is 180 Å². The smallest absolute Gasteiger partial charge is 0.261 e. The summed E-state index contributed by atoms with van der Waals surface area (Å²) in [5.74, 6) is 0.380. The number of anilines is 1. The zero-order chi connectivity index (χ0) is 20.8. The van der Waals surface area contributed by atoms with E-state index in [-0.39, 0.29) is 30.7 Å². The lowest BCUT2D eigenvalue weighted by atomic mass is 10.1. The van der Waals surface area contributed by atoms with Gasteiger partial charge in [0, 0.05) is 29.0 Å². The number of oxazole rings is 1. The highest BCUT2D eigenvalue weighted by atomic mass is 79.9. The van der Waals surface area contributed by atoms with Gasteiger partial charge in [0.25, 0.3) is 11.8 Å². The molecule has 0 spiro atoms. The van der Waals surface area contributed by atoms with Crippen LogP contribution in [0.1, 0.15) is 58.2 Å². The van der Waals surface area contributed by atoms with E-state index in [4.69, 9.17) is 4.42 Å². The number of imide groups is 1. The molecule has 3 aromatic rings. The topological polar surface area (TPSA) is 92.5 Å². The quantitative estimate of drug-likeness (QED) is 0.539. The summed E-state index contributed by atoms with van der Waals surface area (Å²) in [4.78, 5) is 42.9. The first kappa shape index (κ1) is 19.0. The number of nitrogens with one attached hydrogen (secondary N) is 1. The van der Waals surface area contributed by atoms with Crippen LogP contribution in [-0.4, -0.2) is 34.2 Å². The standard InChI is InChI=1S/C22H18BrN3O4/c23-13-5-7-15-16(10-13)22(29)26(21(15)28)9-1-2-19(27)24-14-6-8-18-17(11-14)25-20(30-18)12-3-4-12/h5-8,10-12H,1-4,9H2,(H,24,27). The average Bonchev–Trinajstić information content (AvgIpc) is 3.45. The van der Waals surface area contributed by atoms with E-state index in [1.165, 1.54) is 4.90 Å². The molecule has 152 valence electrons. The fraction of sp³-hybridized carbons (Fsp3) is 0.273. The minimum absolute atomic E-state index is 0.181. The molecule has 0 bridgehead atoms. The third-order valence-corrected chi connectivity index (χ3v) is 5.83. The van der Waals surface area contributed by atoms with Crippen LogP contribution >= 0.6 is 15.9 Å². The van der Waals surface area contributed by atoms with Gasteiger partial charge in [-0.25, -0.2) is 4.98 Å². The van der Waals surface area contributed by atoms with Gasteiger partial charge in [-0.1, -0.05) is 15.9 Å². The number of hydrogen-bond acceptors (Lipinski definition) is 5. The van der Waals surface area contributed by atoms with Crippen molar-refractivity contribution in [3.8, 4) is 0 Å². The first-order valence-corrected chi connectivity index (χ1v) is 10.6. The molecule has 1 aliphatic carbocycles. The molecule has 2 heterocycles. The van der Waals surface area contributed by atoms with Gasteiger partial charge >= 0.3 is 0 Å². The molecule has 30 heavy (non-hydrogen) atoms. The average molecular weight is 468 g/mol. The van der Waals surface area contributed by atoms with Crippen molar-refractivity contribution in [1.29, 1.82) is 0 Å². The van der Waals surface area contributed by atoms with Crippen molar-refractivity contribution in [2.75, 3.05) is 11.9 Å². The maximum atomic E-state index is 12.5. The number of fused-ring (bicyclic) bond motifs is 2. The maximum Gasteiger partial charge on any atom is 0.261 e. The van der Waals surface area contributed by atoms with Crippen molar-refractivity contribution in [1.82, 2.24) is 9.88 Å². The summed E-state index contributed by atoms with van der Waals surface area (Å²) in [6, 6.07) is 10.4. The van der Waals surface area contributed by atoms with Gasteiger partial charge in [0.15, 0.2) is 11.5 Å². The van der Waals surface area contributed by atoms with Crippen molar-refractivity contribution >= 4 is 50.4 Å². The Hall–Kier alpha value is -3.00. The van der Waals surface area contributed by atoms with Crippen LogP contribution in [0.2, 0.25) is 0 Å². The summed E-state index contributed by atoms with van der Waals surface area (Å²) in [6.45, 7) is 0.199. The lowest BCUT2D eigenvalue weighted by Gasteiger charge is -2.13. The van der Waals surface area contributed by atoms with E-state index in [9.17, 15) is 14.4 Å². The summed E-state index contributed by atoms with van der Waals surface area (Å²) in [7, 11) is 0. The van der Waals surface area contributed by atoms with Crippen molar-refractivity contribution in [2.45, 2.75) is 31.6 Å². The molecule has 5 rings (SSSR count). The number of aromatic nitrogens is 1. The number of halogens is 1. The molecule has 0 atom stereocenters. The zero-order valence-corrected chi connectivity index (χ0v) is 17.6. The van der Waals surface area contributed by atoms with Crippen molar-refractivity contribution < 1.29 is 18.8 Å². The van der Waals surface area contributed by atoms with Crippen LogP contribution in [0.25, 0.3) is 11.1 Å². The molecule has 0 radical (unpaired) electrons. The van der Waals surface area contributed by atoms with Gasteiger partial charge in [0.1, 0.15) is 5.52 Å². The Bertz CT molecular complexity index is 1200. The summed E-state index contributed by atoms with van der Waals surface area (Å²) in [5.41, 5.74) is 2.89. The molecule has 1 N–H and O–H groups in total. The number of hydrogen-bond donors (Lipinski definition) is 1. The van der Waals surface area contributed by atoms with Crippen LogP contribution in [0.3, 0.4) is 0 Å². The largest absolute Gasteiger partial charge is 0.440 e. The first-order chi connectivity index (χ1) is 14.5. The second-order valence-electron chi connectivity index (χ2n) is 7.61. The first-order valence-electron chi connectivity index (χ1n) is 9.86. The molecule has 3 amide bonds. The number of carbonyl (C=O) groups excluding carboxylic acids is 3. The van der Waals surface area contributed by atoms with Gasteiger partial charge in [-0.15, -0.1) is 0 Å². The Kier molecular flexibility index (Phi) is 4.66. The fourth-order valence-corrected chi connectivity index (χ4v) is 3.98. The predicted molar refractivity (Wildman–Crippen MR) is 113 cm³/mol. The van der Waals surface area contributed by atoms with Gasteiger partial charge in [-0.2, -0.15) is 0 Å². The van der Waals surface area contributed by atoms with Gasteiger partial charge in [0.05, 0.1) is 11.1 Å². The minimum atomic E-state index is -0.320. The van der Waals surface area contributed by atoms with E-state index in [0.717, 1.165) is 28.7 Å².